The number of para-hydroxylation sites is 4. The number of nitrogens with one attached hydrogen (secondary N) is 1. The van der Waals surface area contributed by atoms with Crippen molar-refractivity contribution in [1.29, 1.82) is 0 Å². The lowest BCUT2D eigenvalue weighted by Crippen LogP contribution is -2.32. The third-order valence-corrected chi connectivity index (χ3v) is 3.62. The Bertz CT molecular complexity index is 829. The normalized spacial score (nSPS) is 13.8. The second kappa shape index (κ2) is 6.45. The number of imide groups is 1. The summed E-state index contributed by atoms with van der Waals surface area (Å²) < 4.78 is 10.5. The van der Waals surface area contributed by atoms with E-state index in [0.717, 1.165) is 4.90 Å². The van der Waals surface area contributed by atoms with Crippen LogP contribution in [0.5, 0.6) is 11.5 Å². The molecule has 6 nitrogen and oxygen atoms in total. The molecule has 3 rings (SSSR count). The van der Waals surface area contributed by atoms with Gasteiger partial charge in [0.1, 0.15) is 17.2 Å². The van der Waals surface area contributed by atoms with Crippen LogP contribution in [0.2, 0.25) is 0 Å². The molecule has 2 amide bonds. The van der Waals surface area contributed by atoms with E-state index in [9.17, 15) is 9.59 Å². The number of ether oxygens (including phenoxy) is 2. The summed E-state index contributed by atoms with van der Waals surface area (Å²) in [5.41, 5.74) is 1.19. The monoisotopic (exact) mass is 324 g/mol. The maximum Gasteiger partial charge on any atom is 0.282 e. The zero-order valence-corrected chi connectivity index (χ0v) is 13.3. The van der Waals surface area contributed by atoms with Crippen LogP contribution in [0.3, 0.4) is 0 Å². The summed E-state index contributed by atoms with van der Waals surface area (Å²) in [6.07, 6.45) is 1.27. The van der Waals surface area contributed by atoms with Crippen LogP contribution in [0.4, 0.5) is 11.4 Å². The molecule has 1 N–H and O–H groups in total. The summed E-state index contributed by atoms with van der Waals surface area (Å²) in [7, 11) is 3.03. The molecular formula is C18H16N2O4. The highest BCUT2D eigenvalue weighted by Gasteiger charge is 2.34. The minimum Gasteiger partial charge on any atom is -0.495 e. The maximum atomic E-state index is 12.7. The average Bonchev–Trinajstić information content (AvgIpc) is 2.89. The Morgan fingerprint density at radius 1 is 0.875 bits per heavy atom. The molecule has 0 saturated heterocycles. The fourth-order valence-electron chi connectivity index (χ4n) is 2.50. The van der Waals surface area contributed by atoms with Crippen LogP contribution in [0.15, 0.2) is 60.3 Å². The largest absolute Gasteiger partial charge is 0.495 e. The molecule has 1 heterocycles. The lowest BCUT2D eigenvalue weighted by molar-refractivity contribution is -0.120. The SMILES string of the molecule is COc1ccccc1NC1=CC(=O)N(c2ccccc2OC)C1=O. The van der Waals surface area contributed by atoms with Crippen LogP contribution < -0.4 is 19.7 Å². The van der Waals surface area contributed by atoms with Crippen LogP contribution >= 0.6 is 0 Å². The van der Waals surface area contributed by atoms with E-state index in [2.05, 4.69) is 5.32 Å². The molecular weight excluding hydrogens is 308 g/mol. The molecule has 1 aliphatic rings. The van der Waals surface area contributed by atoms with Gasteiger partial charge in [-0.3, -0.25) is 9.59 Å². The van der Waals surface area contributed by atoms with Crippen LogP contribution in [0, 0.1) is 0 Å². The van der Waals surface area contributed by atoms with Crippen molar-refractivity contribution < 1.29 is 19.1 Å². The lowest BCUT2D eigenvalue weighted by atomic mass is 10.2. The van der Waals surface area contributed by atoms with Crippen molar-refractivity contribution in [3.63, 3.8) is 0 Å². The van der Waals surface area contributed by atoms with Gasteiger partial charge in [-0.25, -0.2) is 4.90 Å². The molecule has 0 radical (unpaired) electrons. The number of hydrogen-bond acceptors (Lipinski definition) is 5. The zero-order valence-electron chi connectivity index (χ0n) is 13.3. The molecule has 0 unspecified atom stereocenters. The van der Waals surface area contributed by atoms with Crippen molar-refractivity contribution in [1.82, 2.24) is 0 Å². The van der Waals surface area contributed by atoms with Crippen molar-refractivity contribution in [2.24, 2.45) is 0 Å². The number of carbonyl (C=O) groups is 2. The molecule has 2 aromatic rings. The van der Waals surface area contributed by atoms with E-state index in [0.29, 0.717) is 22.9 Å². The van der Waals surface area contributed by atoms with Gasteiger partial charge in [-0.05, 0) is 24.3 Å². The topological polar surface area (TPSA) is 67.9 Å². The Labute approximate surface area is 139 Å². The van der Waals surface area contributed by atoms with Gasteiger partial charge in [-0.2, -0.15) is 0 Å². The number of rotatable bonds is 5. The molecule has 0 fully saturated rings. The molecule has 2 aromatic carbocycles. The third-order valence-electron chi connectivity index (χ3n) is 3.62. The predicted octanol–water partition coefficient (Wildman–Crippen LogP) is 2.57. The number of amides is 2. The van der Waals surface area contributed by atoms with E-state index < -0.39 is 11.8 Å². The van der Waals surface area contributed by atoms with E-state index in [1.54, 1.807) is 36.4 Å². The number of anilines is 2. The molecule has 1 aliphatic heterocycles. The smallest absolute Gasteiger partial charge is 0.282 e. The summed E-state index contributed by atoms with van der Waals surface area (Å²) in [4.78, 5) is 26.1. The number of hydrogen-bond donors (Lipinski definition) is 1. The van der Waals surface area contributed by atoms with E-state index in [-0.39, 0.29) is 5.70 Å². The first-order valence-corrected chi connectivity index (χ1v) is 7.29. The number of carbonyl (C=O) groups excluding carboxylic acids is 2. The number of benzene rings is 2. The van der Waals surface area contributed by atoms with Gasteiger partial charge >= 0.3 is 0 Å². The molecule has 0 spiro atoms. The molecule has 0 aliphatic carbocycles. The van der Waals surface area contributed by atoms with Crippen LogP contribution in [-0.2, 0) is 9.59 Å². The molecule has 0 atom stereocenters. The first kappa shape index (κ1) is 15.6. The Hall–Kier alpha value is -3.28. The first-order valence-electron chi connectivity index (χ1n) is 7.29. The fourth-order valence-corrected chi connectivity index (χ4v) is 2.50. The minimum absolute atomic E-state index is 0.176. The van der Waals surface area contributed by atoms with Gasteiger partial charge in [-0.1, -0.05) is 24.3 Å². The highest BCUT2D eigenvalue weighted by atomic mass is 16.5. The molecule has 0 aromatic heterocycles. The van der Waals surface area contributed by atoms with Crippen molar-refractivity contribution >= 4 is 23.2 Å². The standard InChI is InChI=1S/C18H16N2O4/c1-23-15-9-5-3-7-12(15)19-13-11-17(21)20(18(13)22)14-8-4-6-10-16(14)24-2/h3-11,19H,1-2H3. The van der Waals surface area contributed by atoms with E-state index in [4.69, 9.17) is 9.47 Å². The van der Waals surface area contributed by atoms with Gasteiger partial charge in [0.2, 0.25) is 0 Å². The van der Waals surface area contributed by atoms with Gasteiger partial charge in [0.25, 0.3) is 11.8 Å². The molecule has 6 heteroatoms. The van der Waals surface area contributed by atoms with Gasteiger partial charge in [0.15, 0.2) is 0 Å². The molecule has 122 valence electrons. The number of nitrogens with zero attached hydrogens (tertiary/aromatic N) is 1. The van der Waals surface area contributed by atoms with Crippen LogP contribution in [-0.4, -0.2) is 26.0 Å². The van der Waals surface area contributed by atoms with Crippen molar-refractivity contribution in [3.8, 4) is 11.5 Å². The fraction of sp³-hybridized carbons (Fsp3) is 0.111. The van der Waals surface area contributed by atoms with Gasteiger partial charge in [-0.15, -0.1) is 0 Å². The Kier molecular flexibility index (Phi) is 4.20. The highest BCUT2D eigenvalue weighted by Crippen LogP contribution is 2.33. The average molecular weight is 324 g/mol. The Morgan fingerprint density at radius 2 is 1.50 bits per heavy atom. The van der Waals surface area contributed by atoms with Gasteiger partial charge < -0.3 is 14.8 Å². The van der Waals surface area contributed by atoms with Crippen molar-refractivity contribution in [3.05, 3.63) is 60.3 Å². The van der Waals surface area contributed by atoms with E-state index in [1.165, 1.54) is 20.3 Å². The minimum atomic E-state index is -0.449. The molecule has 24 heavy (non-hydrogen) atoms. The Morgan fingerprint density at radius 3 is 2.21 bits per heavy atom. The maximum absolute atomic E-state index is 12.7. The molecule has 0 saturated carbocycles. The summed E-state index contributed by atoms with van der Waals surface area (Å²) >= 11 is 0. The van der Waals surface area contributed by atoms with Gasteiger partial charge in [0, 0.05) is 6.08 Å². The van der Waals surface area contributed by atoms with Gasteiger partial charge in [0.05, 0.1) is 25.6 Å². The number of methoxy groups -OCH3 is 2. The summed E-state index contributed by atoms with van der Waals surface area (Å²) in [6, 6.07) is 14.0. The van der Waals surface area contributed by atoms with Crippen LogP contribution in [0.1, 0.15) is 0 Å². The zero-order chi connectivity index (χ0) is 17.1. The van der Waals surface area contributed by atoms with Crippen molar-refractivity contribution in [2.45, 2.75) is 0 Å². The second-order valence-corrected chi connectivity index (χ2v) is 5.03. The van der Waals surface area contributed by atoms with E-state index in [1.807, 2.05) is 12.1 Å². The molecule has 0 bridgehead atoms. The summed E-state index contributed by atoms with van der Waals surface area (Å²) in [5.74, 6) is 0.151. The first-order chi connectivity index (χ1) is 11.7. The quantitative estimate of drug-likeness (QED) is 0.856. The second-order valence-electron chi connectivity index (χ2n) is 5.03. The Balaban J connectivity index is 1.90. The predicted molar refractivity (Wildman–Crippen MR) is 90.2 cm³/mol. The van der Waals surface area contributed by atoms with Crippen molar-refractivity contribution in [2.75, 3.05) is 24.4 Å². The highest BCUT2D eigenvalue weighted by molar-refractivity contribution is 6.31. The van der Waals surface area contributed by atoms with Crippen LogP contribution in [0.25, 0.3) is 0 Å². The summed E-state index contributed by atoms with van der Waals surface area (Å²) in [6.45, 7) is 0. The third kappa shape index (κ3) is 2.69. The summed E-state index contributed by atoms with van der Waals surface area (Å²) in [5, 5.41) is 2.96. The lowest BCUT2D eigenvalue weighted by Gasteiger charge is -2.18. The van der Waals surface area contributed by atoms with E-state index >= 15 is 0 Å².